The second-order valence-electron chi connectivity index (χ2n) is 8.29. The number of ether oxygens (including phenoxy) is 4. The number of hydrogen-bond donors (Lipinski definition) is 4. The van der Waals surface area contributed by atoms with E-state index in [1.807, 2.05) is 13.8 Å². The molecule has 364 valence electrons. The molecule has 18 nitrogen and oxygen atoms in total. The summed E-state index contributed by atoms with van der Waals surface area (Å²) in [7, 11) is 10.3. The molecule has 0 aromatic rings. The van der Waals surface area contributed by atoms with E-state index in [0.717, 1.165) is 6.54 Å². The van der Waals surface area contributed by atoms with E-state index < -0.39 is 0 Å². The molecular formula is C40H100N4O14. The summed E-state index contributed by atoms with van der Waals surface area (Å²) in [5.41, 5.74) is 0. The third-order valence-corrected chi connectivity index (χ3v) is 2.96. The fraction of sp³-hybridized carbons (Fsp3) is 0.750. The fourth-order valence-electron chi connectivity index (χ4n) is 0.452. The Kier molecular flexibility index (Phi) is 236. The highest BCUT2D eigenvalue weighted by Gasteiger charge is 1.84. The summed E-state index contributed by atoms with van der Waals surface area (Å²) in [5, 5.41) is 9.60. The quantitative estimate of drug-likeness (QED) is 0.132. The number of esters is 3. The molecule has 0 unspecified atom stereocenters. The Balaban J connectivity index is -0.0000000189. The molecular weight excluding hydrogens is 760 g/mol. The molecule has 0 spiro atoms. The minimum Gasteiger partial charge on any atom is -0.469 e. The van der Waals surface area contributed by atoms with Crippen molar-refractivity contribution in [3.05, 3.63) is 0 Å². The van der Waals surface area contributed by atoms with Crippen LogP contribution in [0.1, 0.15) is 149 Å². The summed E-state index contributed by atoms with van der Waals surface area (Å²) in [6.07, 6.45) is 1.29. The number of methoxy groups -OCH3 is 4. The number of carbonyl (C=O) groups excluding carboxylic acids is 10. The predicted molar refractivity (Wildman–Crippen MR) is 246 cm³/mol. The molecule has 0 aliphatic carbocycles. The maximum absolute atomic E-state index is 9.93. The van der Waals surface area contributed by atoms with Gasteiger partial charge < -0.3 is 49.8 Å². The first kappa shape index (κ1) is 117. The largest absolute Gasteiger partial charge is 0.469 e. The molecule has 0 atom stereocenters. The molecule has 0 bridgehead atoms. The Morgan fingerprint density at radius 2 is 0.638 bits per heavy atom. The smallest absolute Gasteiger partial charge is 0.302 e. The van der Waals surface area contributed by atoms with E-state index in [9.17, 15) is 43.2 Å². The van der Waals surface area contributed by atoms with Gasteiger partial charge in [0.15, 0.2) is 5.78 Å². The Morgan fingerprint density at radius 1 is 0.466 bits per heavy atom. The SMILES string of the molecule is C.C.C.C.C.C.C.C.CC(C)=O.CCC(C)=O.CCNC(C)=O.CNC(C)=O.CNC(C)=O.CNC=O.COC(C)=O.COC(C)=O.COC(C)=O.COCC(C)=O. The highest BCUT2D eigenvalue weighted by atomic mass is 16.5. The summed E-state index contributed by atoms with van der Waals surface area (Å²) in [5.74, 6) is -0.199. The van der Waals surface area contributed by atoms with E-state index in [-0.39, 0.29) is 119 Å². The first-order valence-electron chi connectivity index (χ1n) is 14.6. The average Bonchev–Trinajstić information content (AvgIpc) is 3.02. The van der Waals surface area contributed by atoms with Crippen LogP contribution in [-0.2, 0) is 66.9 Å². The van der Waals surface area contributed by atoms with Gasteiger partial charge in [-0.15, -0.1) is 0 Å². The van der Waals surface area contributed by atoms with Gasteiger partial charge >= 0.3 is 17.9 Å². The third kappa shape index (κ3) is 637. The van der Waals surface area contributed by atoms with Crippen molar-refractivity contribution in [3.63, 3.8) is 0 Å². The van der Waals surface area contributed by atoms with Gasteiger partial charge in [-0.2, -0.15) is 0 Å². The Hall–Kier alpha value is -4.74. The molecule has 0 radical (unpaired) electrons. The number of rotatable bonds is 5. The van der Waals surface area contributed by atoms with Crippen LogP contribution in [0.2, 0.25) is 0 Å². The van der Waals surface area contributed by atoms with Crippen molar-refractivity contribution in [1.29, 1.82) is 0 Å². The number of Topliss-reactive ketones (excluding diaryl/α,β-unsaturated/α-hetero) is 3. The Labute approximate surface area is 358 Å². The van der Waals surface area contributed by atoms with Crippen molar-refractivity contribution < 1.29 is 66.9 Å². The lowest BCUT2D eigenvalue weighted by molar-refractivity contribution is -0.138. The van der Waals surface area contributed by atoms with Gasteiger partial charge in [-0.05, 0) is 34.6 Å². The molecule has 0 aromatic carbocycles. The van der Waals surface area contributed by atoms with Gasteiger partial charge in [-0.3, -0.25) is 38.4 Å². The molecule has 0 aliphatic rings. The lowest BCUT2D eigenvalue weighted by Gasteiger charge is -1.88. The van der Waals surface area contributed by atoms with Crippen LogP contribution in [0.15, 0.2) is 0 Å². The first-order valence-corrected chi connectivity index (χ1v) is 14.6. The monoisotopic (exact) mass is 861 g/mol. The number of amides is 4. The molecule has 58 heavy (non-hydrogen) atoms. The van der Waals surface area contributed by atoms with Gasteiger partial charge in [-0.25, -0.2) is 0 Å². The topological polar surface area (TPSA) is 256 Å². The van der Waals surface area contributed by atoms with Gasteiger partial charge in [0.2, 0.25) is 24.1 Å². The summed E-state index contributed by atoms with van der Waals surface area (Å²) in [6, 6.07) is 0. The van der Waals surface area contributed by atoms with Crippen molar-refractivity contribution in [1.82, 2.24) is 21.3 Å². The fourth-order valence-corrected chi connectivity index (χ4v) is 0.452. The second kappa shape index (κ2) is 117. The van der Waals surface area contributed by atoms with Crippen LogP contribution in [0.4, 0.5) is 0 Å². The lowest BCUT2D eigenvalue weighted by Crippen LogP contribution is -2.18. The highest BCUT2D eigenvalue weighted by Crippen LogP contribution is 1.71. The minimum atomic E-state index is -0.245. The van der Waals surface area contributed by atoms with Gasteiger partial charge in [0, 0.05) is 82.8 Å². The zero-order chi connectivity index (χ0) is 42.7. The van der Waals surface area contributed by atoms with Crippen LogP contribution in [0.3, 0.4) is 0 Å². The molecule has 4 N–H and O–H groups in total. The normalized spacial score (nSPS) is 6.05. The van der Waals surface area contributed by atoms with Crippen molar-refractivity contribution >= 4 is 59.4 Å². The molecule has 0 rings (SSSR count). The molecule has 0 saturated heterocycles. The predicted octanol–water partition coefficient (Wildman–Crippen LogP) is 6.44. The summed E-state index contributed by atoms with van der Waals surface area (Å²) < 4.78 is 16.8. The van der Waals surface area contributed by atoms with Crippen LogP contribution in [0.5, 0.6) is 0 Å². The molecule has 0 heterocycles. The van der Waals surface area contributed by atoms with Crippen LogP contribution < -0.4 is 21.3 Å². The van der Waals surface area contributed by atoms with Crippen LogP contribution in [0, 0.1) is 0 Å². The first-order chi connectivity index (χ1) is 22.8. The number of carbonyl (C=O) groups is 10. The van der Waals surface area contributed by atoms with Gasteiger partial charge in [0.1, 0.15) is 18.2 Å². The highest BCUT2D eigenvalue weighted by molar-refractivity contribution is 5.76. The zero-order valence-electron chi connectivity index (χ0n) is 33.9. The standard InChI is InChI=1S/C4H9NO.C4H8O2.C4H8O.2C3H7NO.3C3H6O2.C3H6O.C2H5NO.8CH4/c1-3-5-4(2)6;1-4(5)3-6-2;1-3-4(2)5;2*1-3(5)4-2;3*1-3(4)5-2;1-3(2)4;1-3-2-4;;;;;;;;/h3H2,1-2H3,(H,5,6);3H2,1-2H3;3H2,1-2H3;2*1-2H3,(H,4,5);3*1-2H3;1-2H3;2H,1H3,(H,3,4);8*1H4. The summed E-state index contributed by atoms with van der Waals surface area (Å²) in [4.78, 5) is 96.3. The van der Waals surface area contributed by atoms with E-state index in [1.165, 1.54) is 90.8 Å². The van der Waals surface area contributed by atoms with Gasteiger partial charge in [0.05, 0.1) is 21.3 Å². The number of nitrogens with one attached hydrogen (secondary N) is 4. The van der Waals surface area contributed by atoms with E-state index in [1.54, 1.807) is 28.1 Å². The maximum atomic E-state index is 9.93. The number of ketones is 3. The molecule has 0 saturated carbocycles. The van der Waals surface area contributed by atoms with Crippen LogP contribution in [-0.4, -0.2) is 122 Å². The second-order valence-corrected chi connectivity index (χ2v) is 8.29. The third-order valence-electron chi connectivity index (χ3n) is 2.96. The zero-order valence-corrected chi connectivity index (χ0v) is 33.9. The van der Waals surface area contributed by atoms with Crippen LogP contribution in [0.25, 0.3) is 0 Å². The summed E-state index contributed by atoms with van der Waals surface area (Å²) >= 11 is 0. The average molecular weight is 861 g/mol. The van der Waals surface area contributed by atoms with E-state index in [0.29, 0.717) is 12.8 Å². The van der Waals surface area contributed by atoms with Crippen molar-refractivity contribution in [2.75, 3.05) is 62.7 Å². The lowest BCUT2D eigenvalue weighted by atomic mass is 10.4. The Bertz CT molecular complexity index is 727. The number of hydrogen-bond acceptors (Lipinski definition) is 14. The van der Waals surface area contributed by atoms with Crippen molar-refractivity contribution in [2.45, 2.75) is 149 Å². The van der Waals surface area contributed by atoms with Gasteiger partial charge in [-0.1, -0.05) is 66.3 Å². The Morgan fingerprint density at radius 3 is 0.638 bits per heavy atom. The molecule has 18 heteroatoms. The molecule has 0 fully saturated rings. The van der Waals surface area contributed by atoms with E-state index in [4.69, 9.17) is 4.79 Å². The molecule has 0 aliphatic heterocycles. The molecule has 0 aromatic heterocycles. The maximum Gasteiger partial charge on any atom is 0.302 e. The minimum absolute atomic E-state index is 0. The summed E-state index contributed by atoms with van der Waals surface area (Å²) in [6.45, 7) is 19.4. The van der Waals surface area contributed by atoms with Crippen molar-refractivity contribution in [3.8, 4) is 0 Å². The van der Waals surface area contributed by atoms with Crippen molar-refractivity contribution in [2.24, 2.45) is 0 Å². The molecule has 4 amide bonds. The van der Waals surface area contributed by atoms with Crippen LogP contribution >= 0.6 is 0 Å². The van der Waals surface area contributed by atoms with Gasteiger partial charge in [0.25, 0.3) is 0 Å². The van der Waals surface area contributed by atoms with E-state index in [2.05, 4.69) is 40.2 Å². The van der Waals surface area contributed by atoms with E-state index >= 15 is 0 Å².